The van der Waals surface area contributed by atoms with Gasteiger partial charge in [0.15, 0.2) is 0 Å². The molecule has 0 radical (unpaired) electrons. The van der Waals surface area contributed by atoms with Crippen LogP contribution in [0.15, 0.2) is 51.8 Å². The fourth-order valence-electron chi connectivity index (χ4n) is 3.12. The molecule has 5 nitrogen and oxygen atoms in total. The van der Waals surface area contributed by atoms with Gasteiger partial charge in [0.1, 0.15) is 0 Å². The van der Waals surface area contributed by atoms with Gasteiger partial charge in [-0.15, -0.1) is 0 Å². The lowest BCUT2D eigenvalue weighted by Crippen LogP contribution is -2.45. The zero-order chi connectivity index (χ0) is 20.3. The molecular formula is C19H19BrCl2N2O3S. The normalized spacial score (nSPS) is 18.0. The van der Waals surface area contributed by atoms with E-state index < -0.39 is 15.9 Å². The SMILES string of the molecule is O=C(NCc1ccc(Cl)cc1Cl)[C@@H]1CCCN(S(=O)(=O)c2ccc(Br)cc2)C1. The lowest BCUT2D eigenvalue weighted by Gasteiger charge is -2.31. The minimum absolute atomic E-state index is 0.165. The summed E-state index contributed by atoms with van der Waals surface area (Å²) in [5.41, 5.74) is 0.759. The van der Waals surface area contributed by atoms with Gasteiger partial charge in [0.2, 0.25) is 15.9 Å². The lowest BCUT2D eigenvalue weighted by atomic mass is 9.99. The van der Waals surface area contributed by atoms with E-state index in [1.165, 1.54) is 4.31 Å². The molecule has 0 spiro atoms. The van der Waals surface area contributed by atoms with Crippen LogP contribution in [-0.4, -0.2) is 31.7 Å². The fourth-order valence-corrected chi connectivity index (χ4v) is 5.39. The third-order valence-electron chi connectivity index (χ3n) is 4.67. The molecule has 1 aliphatic heterocycles. The summed E-state index contributed by atoms with van der Waals surface area (Å²) >= 11 is 15.3. The number of hydrogen-bond donors (Lipinski definition) is 1. The summed E-state index contributed by atoms with van der Waals surface area (Å²) in [5.74, 6) is -0.577. The molecule has 9 heteroatoms. The average Bonchev–Trinajstić information content (AvgIpc) is 2.67. The number of hydrogen-bond acceptors (Lipinski definition) is 3. The van der Waals surface area contributed by atoms with E-state index in [0.717, 1.165) is 10.0 Å². The Hall–Kier alpha value is -1.12. The molecule has 1 atom stereocenters. The number of nitrogens with zero attached hydrogens (tertiary/aromatic N) is 1. The van der Waals surface area contributed by atoms with Crippen molar-refractivity contribution >= 4 is 55.1 Å². The standard InChI is InChI=1S/C19H19BrCl2N2O3S/c20-15-4-7-17(8-5-15)28(26,27)24-9-1-2-14(12-24)19(25)23-11-13-3-6-16(21)10-18(13)22/h3-8,10,14H,1-2,9,11-12H2,(H,23,25)/t14-/m1/s1. The van der Waals surface area contributed by atoms with Crippen molar-refractivity contribution < 1.29 is 13.2 Å². The van der Waals surface area contributed by atoms with Gasteiger partial charge in [0.05, 0.1) is 10.8 Å². The number of carbonyl (C=O) groups excluding carboxylic acids is 1. The molecule has 1 amide bonds. The number of carbonyl (C=O) groups is 1. The molecule has 1 aliphatic rings. The number of benzene rings is 2. The first-order chi connectivity index (χ1) is 13.3. The van der Waals surface area contributed by atoms with Crippen LogP contribution in [-0.2, 0) is 21.4 Å². The summed E-state index contributed by atoms with van der Waals surface area (Å²) in [6.45, 7) is 0.842. The highest BCUT2D eigenvalue weighted by Crippen LogP contribution is 2.25. The van der Waals surface area contributed by atoms with Gasteiger partial charge in [-0.3, -0.25) is 4.79 Å². The number of halogens is 3. The van der Waals surface area contributed by atoms with E-state index in [0.29, 0.717) is 29.4 Å². The van der Waals surface area contributed by atoms with E-state index in [1.807, 2.05) is 0 Å². The fraction of sp³-hybridized carbons (Fsp3) is 0.316. The molecule has 2 aromatic carbocycles. The molecule has 2 aromatic rings. The van der Waals surface area contributed by atoms with E-state index in [-0.39, 0.29) is 23.9 Å². The minimum atomic E-state index is -3.63. The number of nitrogens with one attached hydrogen (secondary N) is 1. The van der Waals surface area contributed by atoms with Gasteiger partial charge >= 0.3 is 0 Å². The first kappa shape index (κ1) is 21.6. The molecule has 1 fully saturated rings. The molecule has 1 N–H and O–H groups in total. The van der Waals surface area contributed by atoms with Gasteiger partial charge in [-0.05, 0) is 54.8 Å². The van der Waals surface area contributed by atoms with Crippen molar-refractivity contribution in [2.45, 2.75) is 24.3 Å². The molecule has 28 heavy (non-hydrogen) atoms. The maximum absolute atomic E-state index is 12.9. The first-order valence-electron chi connectivity index (χ1n) is 8.75. The Balaban J connectivity index is 1.65. The Morgan fingerprint density at radius 2 is 1.89 bits per heavy atom. The van der Waals surface area contributed by atoms with Crippen LogP contribution in [0.3, 0.4) is 0 Å². The lowest BCUT2D eigenvalue weighted by molar-refractivity contribution is -0.126. The second kappa shape index (κ2) is 9.13. The molecule has 0 aliphatic carbocycles. The molecular weight excluding hydrogens is 487 g/mol. The Bertz CT molecular complexity index is 968. The molecule has 0 aromatic heterocycles. The topological polar surface area (TPSA) is 66.5 Å². The molecule has 3 rings (SSSR count). The largest absolute Gasteiger partial charge is 0.352 e. The summed E-state index contributed by atoms with van der Waals surface area (Å²) in [5, 5.41) is 3.87. The maximum atomic E-state index is 12.9. The van der Waals surface area contributed by atoms with Crippen molar-refractivity contribution in [2.75, 3.05) is 13.1 Å². The van der Waals surface area contributed by atoms with E-state index in [1.54, 1.807) is 42.5 Å². The molecule has 0 unspecified atom stereocenters. The summed E-state index contributed by atoms with van der Waals surface area (Å²) in [6.07, 6.45) is 1.28. The van der Waals surface area contributed by atoms with Gasteiger partial charge in [0, 0.05) is 34.2 Å². The van der Waals surface area contributed by atoms with E-state index >= 15 is 0 Å². The van der Waals surface area contributed by atoms with E-state index in [2.05, 4.69) is 21.2 Å². The van der Waals surface area contributed by atoms with Gasteiger partial charge in [0.25, 0.3) is 0 Å². The molecule has 0 saturated carbocycles. The maximum Gasteiger partial charge on any atom is 0.243 e. The molecule has 1 saturated heterocycles. The van der Waals surface area contributed by atoms with Crippen molar-refractivity contribution in [1.29, 1.82) is 0 Å². The van der Waals surface area contributed by atoms with Crippen LogP contribution in [0, 0.1) is 5.92 Å². The Morgan fingerprint density at radius 1 is 1.18 bits per heavy atom. The summed E-state index contributed by atoms with van der Waals surface area (Å²) in [7, 11) is -3.63. The Labute approximate surface area is 183 Å². The van der Waals surface area contributed by atoms with Crippen LogP contribution in [0.5, 0.6) is 0 Å². The summed E-state index contributed by atoms with van der Waals surface area (Å²) in [6, 6.07) is 11.6. The van der Waals surface area contributed by atoms with Crippen molar-refractivity contribution in [3.8, 4) is 0 Å². The first-order valence-corrected chi connectivity index (χ1v) is 11.7. The molecule has 0 bridgehead atoms. The zero-order valence-corrected chi connectivity index (χ0v) is 18.8. The monoisotopic (exact) mass is 504 g/mol. The van der Waals surface area contributed by atoms with Gasteiger partial charge in [-0.2, -0.15) is 4.31 Å². The number of piperidine rings is 1. The molecule has 150 valence electrons. The number of rotatable bonds is 5. The number of amides is 1. The predicted octanol–water partition coefficient (Wildman–Crippen LogP) is 4.47. The summed E-state index contributed by atoms with van der Waals surface area (Å²) in [4.78, 5) is 12.8. The van der Waals surface area contributed by atoms with Crippen molar-refractivity contribution in [1.82, 2.24) is 9.62 Å². The molecule has 1 heterocycles. The van der Waals surface area contributed by atoms with Crippen LogP contribution in [0.4, 0.5) is 0 Å². The predicted molar refractivity (Wildman–Crippen MR) is 114 cm³/mol. The van der Waals surface area contributed by atoms with Gasteiger partial charge in [-0.25, -0.2) is 8.42 Å². The van der Waals surface area contributed by atoms with Crippen LogP contribution < -0.4 is 5.32 Å². The van der Waals surface area contributed by atoms with Gasteiger partial charge in [-0.1, -0.05) is 45.2 Å². The van der Waals surface area contributed by atoms with Crippen LogP contribution in [0.2, 0.25) is 10.0 Å². The number of sulfonamides is 1. The second-order valence-electron chi connectivity index (χ2n) is 6.61. The average molecular weight is 506 g/mol. The second-order valence-corrected chi connectivity index (χ2v) is 10.3. The van der Waals surface area contributed by atoms with Crippen molar-refractivity contribution in [2.24, 2.45) is 5.92 Å². The Morgan fingerprint density at radius 3 is 2.57 bits per heavy atom. The zero-order valence-electron chi connectivity index (χ0n) is 14.9. The smallest absolute Gasteiger partial charge is 0.243 e. The highest BCUT2D eigenvalue weighted by molar-refractivity contribution is 9.10. The third kappa shape index (κ3) is 5.07. The van der Waals surface area contributed by atoms with E-state index in [4.69, 9.17) is 23.2 Å². The van der Waals surface area contributed by atoms with Crippen LogP contribution in [0.25, 0.3) is 0 Å². The van der Waals surface area contributed by atoms with Crippen molar-refractivity contribution in [3.05, 3.63) is 62.5 Å². The van der Waals surface area contributed by atoms with E-state index in [9.17, 15) is 13.2 Å². The van der Waals surface area contributed by atoms with Crippen LogP contribution >= 0.6 is 39.1 Å². The Kier molecular flexibility index (Phi) is 7.04. The highest BCUT2D eigenvalue weighted by Gasteiger charge is 2.33. The third-order valence-corrected chi connectivity index (χ3v) is 7.67. The highest BCUT2D eigenvalue weighted by atomic mass is 79.9. The van der Waals surface area contributed by atoms with Gasteiger partial charge < -0.3 is 5.32 Å². The summed E-state index contributed by atoms with van der Waals surface area (Å²) < 4.78 is 27.9. The quantitative estimate of drug-likeness (QED) is 0.651. The minimum Gasteiger partial charge on any atom is -0.352 e. The van der Waals surface area contributed by atoms with Crippen molar-refractivity contribution in [3.63, 3.8) is 0 Å². The van der Waals surface area contributed by atoms with Crippen LogP contribution in [0.1, 0.15) is 18.4 Å².